The van der Waals surface area contributed by atoms with Gasteiger partial charge in [0, 0.05) is 66.2 Å². The third-order valence-electron chi connectivity index (χ3n) is 5.04. The fourth-order valence-electron chi connectivity index (χ4n) is 3.57. The van der Waals surface area contributed by atoms with Gasteiger partial charge in [-0.05, 0) is 12.8 Å². The Bertz CT molecular complexity index is 460. The first kappa shape index (κ1) is 17.7. The summed E-state index contributed by atoms with van der Waals surface area (Å²) in [5.74, 6) is -0.0565. The molecule has 2 heterocycles. The van der Waals surface area contributed by atoms with E-state index in [0.29, 0.717) is 25.7 Å². The molecule has 0 aromatic rings. The monoisotopic (exact) mass is 324 g/mol. The molecule has 2 fully saturated rings. The fraction of sp³-hybridized carbons (Fsp3) is 0.812. The van der Waals surface area contributed by atoms with Gasteiger partial charge in [-0.3, -0.25) is 19.3 Å². The Kier molecular flexibility index (Phi) is 5.98. The van der Waals surface area contributed by atoms with Crippen molar-refractivity contribution in [2.45, 2.75) is 32.7 Å². The van der Waals surface area contributed by atoms with Crippen LogP contribution in [0.15, 0.2) is 0 Å². The van der Waals surface area contributed by atoms with E-state index in [1.54, 1.807) is 25.8 Å². The second kappa shape index (κ2) is 7.77. The molecule has 0 radical (unpaired) electrons. The first-order valence-electron chi connectivity index (χ1n) is 8.39. The average Bonchev–Trinajstić information content (AvgIpc) is 2.77. The number of piperidine rings is 1. The lowest BCUT2D eigenvalue weighted by Crippen LogP contribution is -2.49. The molecular formula is C16H28N4O3. The standard InChI is InChI=1S/C16H28N4O3/c1-12(21)18-6-4-15(5-7-18)20-9-8-19(13(2)22)10-14(11-20)16(23)17-3/h14-15H,4-11H2,1-3H3,(H,17,23). The van der Waals surface area contributed by atoms with Crippen molar-refractivity contribution in [3.63, 3.8) is 0 Å². The highest BCUT2D eigenvalue weighted by atomic mass is 16.2. The van der Waals surface area contributed by atoms with Crippen LogP contribution in [0.3, 0.4) is 0 Å². The number of hydrogen-bond donors (Lipinski definition) is 1. The number of carbonyl (C=O) groups is 3. The van der Waals surface area contributed by atoms with Crippen molar-refractivity contribution < 1.29 is 14.4 Å². The highest BCUT2D eigenvalue weighted by Crippen LogP contribution is 2.20. The van der Waals surface area contributed by atoms with E-state index in [1.165, 1.54) is 0 Å². The molecular weight excluding hydrogens is 296 g/mol. The van der Waals surface area contributed by atoms with Gasteiger partial charge in [-0.2, -0.15) is 0 Å². The lowest BCUT2D eigenvalue weighted by Gasteiger charge is -2.38. The molecule has 2 aliphatic heterocycles. The maximum Gasteiger partial charge on any atom is 0.225 e. The van der Waals surface area contributed by atoms with E-state index >= 15 is 0 Å². The second-order valence-electron chi connectivity index (χ2n) is 6.51. The summed E-state index contributed by atoms with van der Waals surface area (Å²) < 4.78 is 0. The molecule has 1 unspecified atom stereocenters. The normalized spacial score (nSPS) is 24.2. The zero-order valence-electron chi connectivity index (χ0n) is 14.4. The summed E-state index contributed by atoms with van der Waals surface area (Å²) in [6.45, 7) is 7.33. The highest BCUT2D eigenvalue weighted by Gasteiger charge is 2.33. The van der Waals surface area contributed by atoms with Gasteiger partial charge in [0.2, 0.25) is 17.7 Å². The van der Waals surface area contributed by atoms with Crippen molar-refractivity contribution in [2.75, 3.05) is 46.3 Å². The molecule has 0 saturated carbocycles. The summed E-state index contributed by atoms with van der Waals surface area (Å²) in [5, 5.41) is 2.71. The van der Waals surface area contributed by atoms with E-state index in [9.17, 15) is 14.4 Å². The van der Waals surface area contributed by atoms with E-state index in [0.717, 1.165) is 32.5 Å². The van der Waals surface area contributed by atoms with Crippen molar-refractivity contribution >= 4 is 17.7 Å². The molecule has 2 saturated heterocycles. The van der Waals surface area contributed by atoms with Crippen molar-refractivity contribution in [3.05, 3.63) is 0 Å². The summed E-state index contributed by atoms with van der Waals surface area (Å²) in [7, 11) is 1.64. The molecule has 0 aromatic heterocycles. The zero-order chi connectivity index (χ0) is 17.0. The predicted molar refractivity (Wildman–Crippen MR) is 86.7 cm³/mol. The van der Waals surface area contributed by atoms with Gasteiger partial charge in [0.15, 0.2) is 0 Å². The van der Waals surface area contributed by atoms with Crippen LogP contribution in [0.5, 0.6) is 0 Å². The largest absolute Gasteiger partial charge is 0.359 e. The first-order chi connectivity index (χ1) is 10.9. The van der Waals surface area contributed by atoms with Gasteiger partial charge in [-0.15, -0.1) is 0 Å². The minimum Gasteiger partial charge on any atom is -0.359 e. The van der Waals surface area contributed by atoms with Crippen LogP contribution < -0.4 is 5.32 Å². The number of likely N-dealkylation sites (tertiary alicyclic amines) is 1. The molecule has 1 N–H and O–H groups in total. The van der Waals surface area contributed by atoms with Crippen LogP contribution in [0.4, 0.5) is 0 Å². The molecule has 2 aliphatic rings. The molecule has 0 aliphatic carbocycles. The van der Waals surface area contributed by atoms with E-state index < -0.39 is 0 Å². The van der Waals surface area contributed by atoms with E-state index in [2.05, 4.69) is 10.2 Å². The van der Waals surface area contributed by atoms with E-state index in [4.69, 9.17) is 0 Å². The summed E-state index contributed by atoms with van der Waals surface area (Å²) in [5.41, 5.74) is 0. The van der Waals surface area contributed by atoms with Gasteiger partial charge in [0.1, 0.15) is 0 Å². The maximum atomic E-state index is 12.1. The molecule has 7 nitrogen and oxygen atoms in total. The van der Waals surface area contributed by atoms with Crippen LogP contribution in [0, 0.1) is 5.92 Å². The Morgan fingerprint density at radius 2 is 1.48 bits per heavy atom. The topological polar surface area (TPSA) is 73.0 Å². The minimum absolute atomic E-state index is 0.00989. The van der Waals surface area contributed by atoms with Crippen LogP contribution in [0.1, 0.15) is 26.7 Å². The average molecular weight is 324 g/mol. The molecule has 0 bridgehead atoms. The fourth-order valence-corrected chi connectivity index (χ4v) is 3.57. The number of amides is 3. The van der Waals surface area contributed by atoms with E-state index in [1.807, 2.05) is 4.90 Å². The van der Waals surface area contributed by atoms with Gasteiger partial charge < -0.3 is 15.1 Å². The lowest BCUT2D eigenvalue weighted by molar-refractivity contribution is -0.131. The van der Waals surface area contributed by atoms with Crippen molar-refractivity contribution in [1.82, 2.24) is 20.0 Å². The van der Waals surface area contributed by atoms with Gasteiger partial charge in [0.25, 0.3) is 0 Å². The predicted octanol–water partition coefficient (Wildman–Crippen LogP) is -0.476. The van der Waals surface area contributed by atoms with Gasteiger partial charge in [-0.25, -0.2) is 0 Å². The Hall–Kier alpha value is -1.63. The Morgan fingerprint density at radius 3 is 2.00 bits per heavy atom. The summed E-state index contributed by atoms with van der Waals surface area (Å²) in [6.07, 6.45) is 1.86. The summed E-state index contributed by atoms with van der Waals surface area (Å²) >= 11 is 0. The van der Waals surface area contributed by atoms with Crippen LogP contribution in [0.2, 0.25) is 0 Å². The van der Waals surface area contributed by atoms with Crippen molar-refractivity contribution in [3.8, 4) is 0 Å². The molecule has 7 heteroatoms. The second-order valence-corrected chi connectivity index (χ2v) is 6.51. The van der Waals surface area contributed by atoms with Gasteiger partial charge in [-0.1, -0.05) is 0 Å². The molecule has 1 atom stereocenters. The smallest absolute Gasteiger partial charge is 0.225 e. The summed E-state index contributed by atoms with van der Waals surface area (Å²) in [4.78, 5) is 41.3. The quantitative estimate of drug-likeness (QED) is 0.745. The third-order valence-corrected chi connectivity index (χ3v) is 5.04. The number of carbonyl (C=O) groups excluding carboxylic acids is 3. The van der Waals surface area contributed by atoms with Crippen LogP contribution >= 0.6 is 0 Å². The molecule has 2 rings (SSSR count). The summed E-state index contributed by atoms with van der Waals surface area (Å²) in [6, 6.07) is 0.379. The van der Waals surface area contributed by atoms with Crippen LogP contribution in [-0.2, 0) is 14.4 Å². The van der Waals surface area contributed by atoms with Crippen molar-refractivity contribution in [2.24, 2.45) is 5.92 Å². The molecule has 3 amide bonds. The number of rotatable bonds is 2. The van der Waals surface area contributed by atoms with Gasteiger partial charge >= 0.3 is 0 Å². The maximum absolute atomic E-state index is 12.1. The zero-order valence-corrected chi connectivity index (χ0v) is 14.4. The van der Waals surface area contributed by atoms with E-state index in [-0.39, 0.29) is 23.6 Å². The molecule has 23 heavy (non-hydrogen) atoms. The highest BCUT2D eigenvalue weighted by molar-refractivity contribution is 5.80. The molecule has 0 aromatic carbocycles. The first-order valence-corrected chi connectivity index (χ1v) is 8.39. The lowest BCUT2D eigenvalue weighted by atomic mass is 10.0. The Balaban J connectivity index is 2.02. The molecule has 130 valence electrons. The third kappa shape index (κ3) is 4.43. The number of nitrogens with one attached hydrogen (secondary N) is 1. The molecule has 0 spiro atoms. The Morgan fingerprint density at radius 1 is 0.870 bits per heavy atom. The minimum atomic E-state index is -0.197. The van der Waals surface area contributed by atoms with Crippen molar-refractivity contribution in [1.29, 1.82) is 0 Å². The van der Waals surface area contributed by atoms with Crippen LogP contribution in [-0.4, -0.2) is 84.8 Å². The number of hydrogen-bond acceptors (Lipinski definition) is 4. The SMILES string of the molecule is CNC(=O)C1CN(C(C)=O)CCN(C2CCN(C(C)=O)CC2)C1. The Labute approximate surface area is 138 Å². The van der Waals surface area contributed by atoms with Gasteiger partial charge in [0.05, 0.1) is 5.92 Å². The number of nitrogens with zero attached hydrogens (tertiary/aromatic N) is 3. The van der Waals surface area contributed by atoms with Crippen LogP contribution in [0.25, 0.3) is 0 Å².